The van der Waals surface area contributed by atoms with Crippen LogP contribution >= 0.6 is 11.6 Å². The minimum Gasteiger partial charge on any atom is -0.481 e. The lowest BCUT2D eigenvalue weighted by Gasteiger charge is -2.09. The number of carbonyl (C=O) groups excluding carboxylic acids is 1. The number of benzene rings is 2. The topological polar surface area (TPSA) is 115 Å². The number of amides is 1. The number of carboxylic acid groups (broad SMARTS) is 1. The normalized spacial score (nSPS) is 10.7. The molecule has 9 heteroatoms. The Bertz CT molecular complexity index is 1350. The predicted molar refractivity (Wildman–Crippen MR) is 131 cm³/mol. The molecule has 0 saturated carbocycles. The lowest BCUT2D eigenvalue weighted by Crippen LogP contribution is -2.16. The molecule has 2 N–H and O–H groups in total. The van der Waals surface area contributed by atoms with Crippen LogP contribution in [0, 0.1) is 6.92 Å². The number of hydrogen-bond acceptors (Lipinski definition) is 6. The molecule has 2 aromatic heterocycles. The standard InChI is InChI=1S/C26H22ClN3O5/c1-16-24(29-26(33)34-11-10-19-4-2-3-5-22(19)27)25(35-30-16)20-8-6-18(7-9-20)21-12-17(13-23(31)32)14-28-15-21/h2-9,12,14-15H,10-11,13H2,1H3,(H,29,33)(H,31,32). The number of nitrogens with one attached hydrogen (secondary N) is 1. The van der Waals surface area contributed by atoms with Crippen LogP contribution in [0.1, 0.15) is 16.8 Å². The highest BCUT2D eigenvalue weighted by Crippen LogP contribution is 2.32. The van der Waals surface area contributed by atoms with Crippen LogP contribution in [-0.4, -0.2) is 33.9 Å². The number of hydrogen-bond donors (Lipinski definition) is 2. The van der Waals surface area contributed by atoms with Gasteiger partial charge in [0, 0.05) is 35.0 Å². The second kappa shape index (κ2) is 10.8. The van der Waals surface area contributed by atoms with Crippen LogP contribution in [0.5, 0.6) is 0 Å². The fraction of sp³-hybridized carbons (Fsp3) is 0.154. The van der Waals surface area contributed by atoms with Crippen LogP contribution in [0.15, 0.2) is 71.5 Å². The maximum atomic E-state index is 12.4. The highest BCUT2D eigenvalue weighted by atomic mass is 35.5. The molecule has 35 heavy (non-hydrogen) atoms. The number of aryl methyl sites for hydroxylation is 1. The monoisotopic (exact) mass is 491 g/mol. The molecule has 2 heterocycles. The summed E-state index contributed by atoms with van der Waals surface area (Å²) in [6.07, 6.45) is 2.98. The van der Waals surface area contributed by atoms with E-state index in [1.807, 2.05) is 42.5 Å². The van der Waals surface area contributed by atoms with Crippen molar-refractivity contribution >= 4 is 29.4 Å². The van der Waals surface area contributed by atoms with Crippen molar-refractivity contribution in [1.29, 1.82) is 0 Å². The summed E-state index contributed by atoms with van der Waals surface area (Å²) in [5.41, 5.74) is 4.80. The molecular formula is C26H22ClN3O5. The van der Waals surface area contributed by atoms with Crippen LogP contribution in [0.4, 0.5) is 10.5 Å². The van der Waals surface area contributed by atoms with Crippen LogP contribution in [0.25, 0.3) is 22.5 Å². The van der Waals surface area contributed by atoms with E-state index in [0.29, 0.717) is 39.7 Å². The number of carboxylic acids is 1. The van der Waals surface area contributed by atoms with Gasteiger partial charge in [-0.15, -0.1) is 0 Å². The van der Waals surface area contributed by atoms with Crippen LogP contribution in [0.3, 0.4) is 0 Å². The van der Waals surface area contributed by atoms with Gasteiger partial charge in [-0.1, -0.05) is 59.2 Å². The van der Waals surface area contributed by atoms with Gasteiger partial charge >= 0.3 is 12.1 Å². The van der Waals surface area contributed by atoms with Gasteiger partial charge in [-0.2, -0.15) is 0 Å². The third-order valence-corrected chi connectivity index (χ3v) is 5.65. The SMILES string of the molecule is Cc1noc(-c2ccc(-c3cncc(CC(=O)O)c3)cc2)c1NC(=O)OCCc1ccccc1Cl. The van der Waals surface area contributed by atoms with E-state index in [9.17, 15) is 9.59 Å². The van der Waals surface area contributed by atoms with E-state index in [1.165, 1.54) is 6.20 Å². The van der Waals surface area contributed by atoms with Gasteiger partial charge in [0.15, 0.2) is 5.76 Å². The summed E-state index contributed by atoms with van der Waals surface area (Å²) in [4.78, 5) is 27.5. The number of aliphatic carboxylic acids is 1. The van der Waals surface area contributed by atoms with Crippen molar-refractivity contribution in [2.45, 2.75) is 19.8 Å². The predicted octanol–water partition coefficient (Wildman–Crippen LogP) is 5.78. The Morgan fingerprint density at radius 1 is 1.06 bits per heavy atom. The fourth-order valence-corrected chi connectivity index (χ4v) is 3.77. The molecule has 0 aliphatic carbocycles. The Balaban J connectivity index is 1.44. The molecule has 0 aliphatic rings. The quantitative estimate of drug-likeness (QED) is 0.321. The van der Waals surface area contributed by atoms with Crippen molar-refractivity contribution in [3.05, 3.63) is 88.8 Å². The smallest absolute Gasteiger partial charge is 0.411 e. The highest BCUT2D eigenvalue weighted by molar-refractivity contribution is 6.31. The molecule has 0 radical (unpaired) electrons. The maximum Gasteiger partial charge on any atom is 0.411 e. The van der Waals surface area contributed by atoms with Crippen LogP contribution in [-0.2, 0) is 22.4 Å². The maximum absolute atomic E-state index is 12.4. The first-order valence-corrected chi connectivity index (χ1v) is 11.2. The summed E-state index contributed by atoms with van der Waals surface area (Å²) < 4.78 is 10.8. The first-order chi connectivity index (χ1) is 16.9. The van der Waals surface area contributed by atoms with Crippen molar-refractivity contribution in [3.63, 3.8) is 0 Å². The van der Waals surface area contributed by atoms with Gasteiger partial charge < -0.3 is 14.4 Å². The van der Waals surface area contributed by atoms with E-state index >= 15 is 0 Å². The third-order valence-electron chi connectivity index (χ3n) is 5.28. The Morgan fingerprint density at radius 3 is 2.54 bits per heavy atom. The molecule has 0 atom stereocenters. The molecule has 178 valence electrons. The van der Waals surface area contributed by atoms with Crippen LogP contribution in [0.2, 0.25) is 5.02 Å². The first-order valence-electron chi connectivity index (χ1n) is 10.8. The summed E-state index contributed by atoms with van der Waals surface area (Å²) in [5, 5.41) is 16.3. The molecule has 0 bridgehead atoms. The molecule has 4 rings (SSSR count). The van der Waals surface area contributed by atoms with Crippen LogP contribution < -0.4 is 5.32 Å². The van der Waals surface area contributed by atoms with E-state index in [1.54, 1.807) is 25.3 Å². The minimum absolute atomic E-state index is 0.0974. The summed E-state index contributed by atoms with van der Waals surface area (Å²) in [6.45, 7) is 1.89. The zero-order valence-corrected chi connectivity index (χ0v) is 19.6. The first kappa shape index (κ1) is 24.0. The van der Waals surface area contributed by atoms with Gasteiger partial charge in [0.25, 0.3) is 0 Å². The average molecular weight is 492 g/mol. The number of carbonyl (C=O) groups is 2. The van der Waals surface area contributed by atoms with Crippen molar-refractivity contribution < 1.29 is 24.0 Å². The lowest BCUT2D eigenvalue weighted by atomic mass is 10.0. The van der Waals surface area contributed by atoms with Gasteiger partial charge in [-0.3, -0.25) is 15.1 Å². The molecule has 4 aromatic rings. The number of aromatic nitrogens is 2. The number of nitrogens with zero attached hydrogens (tertiary/aromatic N) is 2. The number of anilines is 1. The minimum atomic E-state index is -0.914. The van der Waals surface area contributed by atoms with Crippen molar-refractivity contribution in [2.75, 3.05) is 11.9 Å². The highest BCUT2D eigenvalue weighted by Gasteiger charge is 2.18. The average Bonchev–Trinajstić information content (AvgIpc) is 3.20. The molecule has 2 aromatic carbocycles. The molecule has 0 aliphatic heterocycles. The van der Waals surface area contributed by atoms with E-state index in [-0.39, 0.29) is 13.0 Å². The van der Waals surface area contributed by atoms with E-state index < -0.39 is 12.1 Å². The van der Waals surface area contributed by atoms with Crippen molar-refractivity contribution in [2.24, 2.45) is 0 Å². The summed E-state index contributed by atoms with van der Waals surface area (Å²) in [5.74, 6) is -0.516. The summed E-state index contributed by atoms with van der Waals surface area (Å²) in [6, 6.07) is 16.6. The van der Waals surface area contributed by atoms with E-state index in [2.05, 4.69) is 15.5 Å². The third kappa shape index (κ3) is 6.04. The fourth-order valence-electron chi connectivity index (χ4n) is 3.54. The molecule has 8 nitrogen and oxygen atoms in total. The summed E-state index contributed by atoms with van der Waals surface area (Å²) in [7, 11) is 0. The Morgan fingerprint density at radius 2 is 1.80 bits per heavy atom. The molecule has 0 unspecified atom stereocenters. The van der Waals surface area contributed by atoms with E-state index in [0.717, 1.165) is 16.7 Å². The largest absolute Gasteiger partial charge is 0.481 e. The summed E-state index contributed by atoms with van der Waals surface area (Å²) >= 11 is 6.14. The molecule has 0 saturated heterocycles. The second-order valence-electron chi connectivity index (χ2n) is 7.80. The van der Waals surface area contributed by atoms with Gasteiger partial charge in [-0.05, 0) is 35.7 Å². The Labute approximate surface area is 206 Å². The van der Waals surface area contributed by atoms with Crippen molar-refractivity contribution in [3.8, 4) is 22.5 Å². The second-order valence-corrected chi connectivity index (χ2v) is 8.21. The Hall–Kier alpha value is -4.17. The molecule has 0 spiro atoms. The zero-order chi connectivity index (χ0) is 24.8. The molecular weight excluding hydrogens is 470 g/mol. The number of pyridine rings is 1. The van der Waals surface area contributed by atoms with Gasteiger partial charge in [0.2, 0.25) is 0 Å². The molecule has 1 amide bonds. The number of halogens is 1. The van der Waals surface area contributed by atoms with E-state index in [4.69, 9.17) is 26.0 Å². The number of rotatable bonds is 8. The number of ether oxygens (including phenoxy) is 1. The Kier molecular flexibility index (Phi) is 7.42. The van der Waals surface area contributed by atoms with Crippen molar-refractivity contribution in [1.82, 2.24) is 10.1 Å². The zero-order valence-electron chi connectivity index (χ0n) is 18.8. The van der Waals surface area contributed by atoms with Gasteiger partial charge in [0.1, 0.15) is 11.4 Å². The van der Waals surface area contributed by atoms with Gasteiger partial charge in [0.05, 0.1) is 13.0 Å². The molecule has 0 fully saturated rings. The van der Waals surface area contributed by atoms with Gasteiger partial charge in [-0.25, -0.2) is 4.79 Å². The lowest BCUT2D eigenvalue weighted by molar-refractivity contribution is -0.136.